The highest BCUT2D eigenvalue weighted by molar-refractivity contribution is 5.88. The summed E-state index contributed by atoms with van der Waals surface area (Å²) in [5.74, 6) is 1.04. The van der Waals surface area contributed by atoms with Gasteiger partial charge in [0, 0.05) is 6.04 Å². The van der Waals surface area contributed by atoms with Crippen LogP contribution in [0.25, 0.3) is 0 Å². The summed E-state index contributed by atoms with van der Waals surface area (Å²) < 4.78 is 0. The van der Waals surface area contributed by atoms with Crippen molar-refractivity contribution >= 4 is 5.91 Å². The van der Waals surface area contributed by atoms with Gasteiger partial charge in [-0.25, -0.2) is 0 Å². The molecule has 3 atom stereocenters. The maximum atomic E-state index is 12.8. The van der Waals surface area contributed by atoms with Crippen LogP contribution in [0, 0.1) is 5.92 Å². The summed E-state index contributed by atoms with van der Waals surface area (Å²) in [5, 5.41) is 3.60. The minimum Gasteiger partial charge on any atom is -0.323 e. The largest absolute Gasteiger partial charge is 0.323 e. The van der Waals surface area contributed by atoms with Gasteiger partial charge >= 0.3 is 0 Å². The summed E-state index contributed by atoms with van der Waals surface area (Å²) in [6.07, 6.45) is 8.59. The first-order valence-electron chi connectivity index (χ1n) is 8.14. The predicted molar refractivity (Wildman–Crippen MR) is 78.8 cm³/mol. The molecular weight excluding hydrogens is 236 g/mol. The Morgan fingerprint density at radius 3 is 2.53 bits per heavy atom. The van der Waals surface area contributed by atoms with E-state index in [0.717, 1.165) is 19.3 Å². The molecule has 0 aromatic rings. The molecular formula is C16H30N2O. The van der Waals surface area contributed by atoms with Crippen LogP contribution in [0.3, 0.4) is 0 Å². The van der Waals surface area contributed by atoms with Gasteiger partial charge in [0.25, 0.3) is 0 Å². The predicted octanol–water partition coefficient (Wildman–Crippen LogP) is 3.29. The van der Waals surface area contributed by atoms with Crippen molar-refractivity contribution in [3.8, 4) is 0 Å². The molecule has 3 nitrogen and oxygen atoms in total. The summed E-state index contributed by atoms with van der Waals surface area (Å²) in [5.41, 5.74) is -0.341. The van der Waals surface area contributed by atoms with Crippen LogP contribution in [-0.2, 0) is 4.79 Å². The molecule has 19 heavy (non-hydrogen) atoms. The van der Waals surface area contributed by atoms with E-state index in [9.17, 15) is 4.79 Å². The minimum atomic E-state index is -0.341. The first-order chi connectivity index (χ1) is 9.03. The van der Waals surface area contributed by atoms with Gasteiger partial charge in [-0.2, -0.15) is 0 Å². The molecule has 1 amide bonds. The number of carbonyl (C=O) groups is 1. The highest BCUT2D eigenvalue weighted by Gasteiger charge is 2.49. The van der Waals surface area contributed by atoms with Gasteiger partial charge < -0.3 is 4.90 Å². The zero-order chi connectivity index (χ0) is 14.0. The van der Waals surface area contributed by atoms with Crippen molar-refractivity contribution in [2.24, 2.45) is 5.92 Å². The van der Waals surface area contributed by atoms with Gasteiger partial charge in [-0.1, -0.05) is 33.1 Å². The zero-order valence-electron chi connectivity index (χ0n) is 13.0. The Bertz CT molecular complexity index is 323. The molecule has 2 aliphatic rings. The van der Waals surface area contributed by atoms with Gasteiger partial charge in [-0.3, -0.25) is 10.1 Å². The lowest BCUT2D eigenvalue weighted by Crippen LogP contribution is -2.46. The van der Waals surface area contributed by atoms with Crippen LogP contribution in [0.4, 0.5) is 0 Å². The highest BCUT2D eigenvalue weighted by atomic mass is 16.2. The van der Waals surface area contributed by atoms with Gasteiger partial charge in [-0.15, -0.1) is 0 Å². The maximum absolute atomic E-state index is 12.8. The van der Waals surface area contributed by atoms with Crippen LogP contribution in [-0.4, -0.2) is 28.6 Å². The summed E-state index contributed by atoms with van der Waals surface area (Å²) in [6, 6.07) is 0.396. The zero-order valence-corrected chi connectivity index (χ0v) is 13.0. The second kappa shape index (κ2) is 5.82. The third-order valence-electron chi connectivity index (χ3n) is 5.32. The molecule has 3 heteroatoms. The molecule has 0 spiro atoms. The third kappa shape index (κ3) is 2.67. The number of nitrogens with zero attached hydrogens (tertiary/aromatic N) is 1. The van der Waals surface area contributed by atoms with Crippen molar-refractivity contribution in [3.05, 3.63) is 0 Å². The molecule has 1 saturated heterocycles. The van der Waals surface area contributed by atoms with E-state index in [0.29, 0.717) is 17.9 Å². The topological polar surface area (TPSA) is 32.3 Å². The van der Waals surface area contributed by atoms with Crippen LogP contribution in [0.2, 0.25) is 0 Å². The van der Waals surface area contributed by atoms with E-state index >= 15 is 0 Å². The molecule has 1 N–H and O–H groups in total. The Morgan fingerprint density at radius 1 is 1.37 bits per heavy atom. The average Bonchev–Trinajstić information content (AvgIpc) is 2.99. The summed E-state index contributed by atoms with van der Waals surface area (Å²) in [6.45, 7) is 8.64. The summed E-state index contributed by atoms with van der Waals surface area (Å²) in [4.78, 5) is 15.0. The number of hydrogen-bond donors (Lipinski definition) is 1. The van der Waals surface area contributed by atoms with Crippen molar-refractivity contribution in [2.75, 3.05) is 0 Å². The quantitative estimate of drug-likeness (QED) is 0.828. The molecule has 1 saturated carbocycles. The van der Waals surface area contributed by atoms with Gasteiger partial charge in [0.1, 0.15) is 0 Å². The van der Waals surface area contributed by atoms with E-state index < -0.39 is 0 Å². The van der Waals surface area contributed by atoms with Crippen molar-refractivity contribution < 1.29 is 4.79 Å². The lowest BCUT2D eigenvalue weighted by molar-refractivity contribution is -0.135. The molecule has 1 aliphatic carbocycles. The highest BCUT2D eigenvalue weighted by Crippen LogP contribution is 2.35. The number of rotatable bonds is 5. The lowest BCUT2D eigenvalue weighted by atomic mass is 9.95. The Balaban J connectivity index is 2.16. The smallest absolute Gasteiger partial charge is 0.244 e. The average molecular weight is 266 g/mol. The van der Waals surface area contributed by atoms with E-state index in [-0.39, 0.29) is 11.7 Å². The van der Waals surface area contributed by atoms with E-state index in [1.54, 1.807) is 0 Å². The second-order valence-corrected chi connectivity index (χ2v) is 6.63. The Labute approximate surface area is 118 Å². The maximum Gasteiger partial charge on any atom is 0.244 e. The number of hydrogen-bond acceptors (Lipinski definition) is 2. The minimum absolute atomic E-state index is 0.248. The fraction of sp³-hybridized carbons (Fsp3) is 0.938. The Kier molecular flexibility index (Phi) is 4.54. The van der Waals surface area contributed by atoms with Crippen LogP contribution in [0.15, 0.2) is 0 Å². The molecule has 2 rings (SSSR count). The fourth-order valence-electron chi connectivity index (χ4n) is 3.80. The molecule has 1 aliphatic heterocycles. The van der Waals surface area contributed by atoms with Gasteiger partial charge in [0.05, 0.1) is 11.7 Å². The van der Waals surface area contributed by atoms with Crippen molar-refractivity contribution in [1.82, 2.24) is 10.2 Å². The summed E-state index contributed by atoms with van der Waals surface area (Å²) >= 11 is 0. The van der Waals surface area contributed by atoms with Crippen LogP contribution in [0.1, 0.15) is 72.6 Å². The molecule has 1 heterocycles. The molecule has 0 aromatic heterocycles. The van der Waals surface area contributed by atoms with Crippen LogP contribution < -0.4 is 5.32 Å². The SMILES string of the molecule is CCCC1NC(C)(CC)C(=O)N1C(C)C1CCCC1. The van der Waals surface area contributed by atoms with Gasteiger partial charge in [0.15, 0.2) is 0 Å². The van der Waals surface area contributed by atoms with Crippen molar-refractivity contribution in [3.63, 3.8) is 0 Å². The van der Waals surface area contributed by atoms with Crippen LogP contribution >= 0.6 is 0 Å². The van der Waals surface area contributed by atoms with Gasteiger partial charge in [0.2, 0.25) is 5.91 Å². The lowest BCUT2D eigenvalue weighted by Gasteiger charge is -2.34. The molecule has 0 bridgehead atoms. The molecule has 0 radical (unpaired) electrons. The summed E-state index contributed by atoms with van der Waals surface area (Å²) in [7, 11) is 0. The number of carbonyl (C=O) groups excluding carboxylic acids is 1. The van der Waals surface area contributed by atoms with Crippen molar-refractivity contribution in [1.29, 1.82) is 0 Å². The second-order valence-electron chi connectivity index (χ2n) is 6.63. The number of amides is 1. The monoisotopic (exact) mass is 266 g/mol. The molecule has 0 aromatic carbocycles. The first kappa shape index (κ1) is 14.8. The molecule has 2 fully saturated rings. The molecule has 3 unspecified atom stereocenters. The number of nitrogens with one attached hydrogen (secondary N) is 1. The normalized spacial score (nSPS) is 34.2. The van der Waals surface area contributed by atoms with E-state index in [1.165, 1.54) is 25.7 Å². The third-order valence-corrected chi connectivity index (χ3v) is 5.32. The van der Waals surface area contributed by atoms with Crippen molar-refractivity contribution in [2.45, 2.75) is 90.4 Å². The fourth-order valence-corrected chi connectivity index (χ4v) is 3.80. The first-order valence-corrected chi connectivity index (χ1v) is 8.14. The Hall–Kier alpha value is -0.570. The van der Waals surface area contributed by atoms with Crippen LogP contribution in [0.5, 0.6) is 0 Å². The van der Waals surface area contributed by atoms with E-state index in [2.05, 4.69) is 37.9 Å². The van der Waals surface area contributed by atoms with Gasteiger partial charge in [-0.05, 0) is 45.4 Å². The molecule has 110 valence electrons. The van der Waals surface area contributed by atoms with E-state index in [4.69, 9.17) is 0 Å². The standard InChI is InChI=1S/C16H30N2O/c1-5-9-14-17-16(4,6-2)15(19)18(14)12(3)13-10-7-8-11-13/h12-14,17H,5-11H2,1-4H3. The Morgan fingerprint density at radius 2 is 2.00 bits per heavy atom. The van der Waals surface area contributed by atoms with E-state index in [1.807, 2.05) is 0 Å².